The van der Waals surface area contributed by atoms with E-state index < -0.39 is 6.10 Å². The monoisotopic (exact) mass is 311 g/mol. The number of nitrogens with zero attached hydrogens (tertiary/aromatic N) is 3. The van der Waals surface area contributed by atoms with Gasteiger partial charge in [-0.2, -0.15) is 0 Å². The maximum absolute atomic E-state index is 9.66. The molecule has 0 aliphatic rings. The van der Waals surface area contributed by atoms with Crippen molar-refractivity contribution in [2.24, 2.45) is 0 Å². The largest absolute Gasteiger partial charge is 0.419 e. The average Bonchev–Trinajstić information content (AvgIpc) is 2.87. The molecule has 2 aromatic rings. The van der Waals surface area contributed by atoms with Crippen molar-refractivity contribution in [1.82, 2.24) is 15.1 Å². The molecule has 1 atom stereocenters. The zero-order chi connectivity index (χ0) is 15.2. The second-order valence-electron chi connectivity index (χ2n) is 4.82. The Bertz CT molecular complexity index is 576. The maximum Gasteiger partial charge on any atom is 0.247 e. The molecule has 0 radical (unpaired) electrons. The van der Waals surface area contributed by atoms with Crippen molar-refractivity contribution < 1.29 is 14.3 Å². The van der Waals surface area contributed by atoms with Crippen molar-refractivity contribution in [2.75, 3.05) is 27.3 Å². The first-order valence-electron chi connectivity index (χ1n) is 6.52. The van der Waals surface area contributed by atoms with Crippen LogP contribution in [0.1, 0.15) is 5.89 Å². The number of methoxy groups -OCH3 is 1. The predicted molar refractivity (Wildman–Crippen MR) is 79.0 cm³/mol. The van der Waals surface area contributed by atoms with Crippen LogP contribution in [0.3, 0.4) is 0 Å². The molecule has 7 heteroatoms. The Morgan fingerprint density at radius 1 is 1.43 bits per heavy atom. The smallest absolute Gasteiger partial charge is 0.247 e. The summed E-state index contributed by atoms with van der Waals surface area (Å²) in [7, 11) is 3.42. The van der Waals surface area contributed by atoms with Gasteiger partial charge < -0.3 is 14.3 Å². The van der Waals surface area contributed by atoms with E-state index in [1.807, 2.05) is 24.1 Å². The van der Waals surface area contributed by atoms with Gasteiger partial charge in [-0.15, -0.1) is 10.2 Å². The summed E-state index contributed by atoms with van der Waals surface area (Å²) < 4.78 is 10.5. The molecule has 0 saturated carbocycles. The van der Waals surface area contributed by atoms with Gasteiger partial charge in [0.2, 0.25) is 11.8 Å². The van der Waals surface area contributed by atoms with Crippen molar-refractivity contribution in [1.29, 1.82) is 0 Å². The van der Waals surface area contributed by atoms with E-state index in [2.05, 4.69) is 10.2 Å². The van der Waals surface area contributed by atoms with Gasteiger partial charge >= 0.3 is 0 Å². The summed E-state index contributed by atoms with van der Waals surface area (Å²) in [6.45, 7) is 1.21. The molecule has 0 saturated heterocycles. The molecule has 0 aliphatic heterocycles. The van der Waals surface area contributed by atoms with Crippen molar-refractivity contribution in [2.45, 2.75) is 12.6 Å². The molecule has 6 nitrogen and oxygen atoms in total. The summed E-state index contributed by atoms with van der Waals surface area (Å²) in [4.78, 5) is 1.89. The molecule has 1 unspecified atom stereocenters. The Balaban J connectivity index is 1.97. The number of hydrogen-bond acceptors (Lipinski definition) is 6. The van der Waals surface area contributed by atoms with E-state index in [-0.39, 0.29) is 0 Å². The molecule has 21 heavy (non-hydrogen) atoms. The van der Waals surface area contributed by atoms with E-state index in [1.54, 1.807) is 19.2 Å². The zero-order valence-electron chi connectivity index (χ0n) is 12.0. The SMILES string of the molecule is COCC(O)CN(C)Cc1nnc(-c2cccc(Cl)c2)o1. The summed E-state index contributed by atoms with van der Waals surface area (Å²) in [6, 6.07) is 7.24. The number of aliphatic hydroxyl groups is 1. The Hall–Kier alpha value is -1.47. The number of likely N-dealkylation sites (N-methyl/N-ethyl adjacent to an activating group) is 1. The predicted octanol–water partition coefficient (Wildman–Crippen LogP) is 1.83. The highest BCUT2D eigenvalue weighted by Gasteiger charge is 2.13. The van der Waals surface area contributed by atoms with E-state index in [4.69, 9.17) is 20.8 Å². The van der Waals surface area contributed by atoms with Crippen molar-refractivity contribution >= 4 is 11.6 Å². The van der Waals surface area contributed by atoms with Crippen molar-refractivity contribution in [3.05, 3.63) is 35.2 Å². The molecule has 0 bridgehead atoms. The fraction of sp³-hybridized carbons (Fsp3) is 0.429. The van der Waals surface area contributed by atoms with Crippen molar-refractivity contribution in [3.63, 3.8) is 0 Å². The Morgan fingerprint density at radius 3 is 2.95 bits per heavy atom. The minimum absolute atomic E-state index is 0.294. The van der Waals surface area contributed by atoms with Gasteiger partial charge in [0.1, 0.15) is 0 Å². The molecule has 0 spiro atoms. The van der Waals surface area contributed by atoms with Gasteiger partial charge in [0.15, 0.2) is 0 Å². The van der Waals surface area contributed by atoms with Gasteiger partial charge in [0.05, 0.1) is 19.3 Å². The van der Waals surface area contributed by atoms with Crippen LogP contribution in [0, 0.1) is 0 Å². The highest BCUT2D eigenvalue weighted by Crippen LogP contribution is 2.21. The summed E-state index contributed by atoms with van der Waals surface area (Å²) >= 11 is 5.94. The number of hydrogen-bond donors (Lipinski definition) is 1. The number of halogens is 1. The van der Waals surface area contributed by atoms with Crippen LogP contribution in [0.2, 0.25) is 5.02 Å². The fourth-order valence-corrected chi connectivity index (χ4v) is 2.15. The Labute approximate surface area is 128 Å². The molecule has 114 valence electrons. The van der Waals surface area contributed by atoms with Crippen LogP contribution in [0.15, 0.2) is 28.7 Å². The minimum Gasteiger partial charge on any atom is -0.419 e. The third kappa shape index (κ3) is 4.78. The molecule has 1 N–H and O–H groups in total. The first kappa shape index (κ1) is 15.9. The number of ether oxygens (including phenoxy) is 1. The van der Waals surface area contributed by atoms with Gasteiger partial charge in [0, 0.05) is 24.2 Å². The first-order chi connectivity index (χ1) is 10.1. The molecular formula is C14H18ClN3O3. The van der Waals surface area contributed by atoms with E-state index in [1.165, 1.54) is 0 Å². The molecule has 1 aromatic carbocycles. The van der Waals surface area contributed by atoms with Crippen LogP contribution in [-0.2, 0) is 11.3 Å². The standard InChI is InChI=1S/C14H18ClN3O3/c1-18(7-12(19)9-20-2)8-13-16-17-14(21-13)10-4-3-5-11(15)6-10/h3-6,12,19H,7-9H2,1-2H3. The molecule has 0 aliphatic carbocycles. The normalized spacial score (nSPS) is 12.8. The summed E-state index contributed by atoms with van der Waals surface area (Å²) in [5.41, 5.74) is 0.781. The Morgan fingerprint density at radius 2 is 2.24 bits per heavy atom. The van der Waals surface area contributed by atoms with Gasteiger partial charge in [0.25, 0.3) is 0 Å². The van der Waals surface area contributed by atoms with Crippen molar-refractivity contribution in [3.8, 4) is 11.5 Å². The molecule has 0 fully saturated rings. The van der Waals surface area contributed by atoms with Crippen LogP contribution < -0.4 is 0 Å². The lowest BCUT2D eigenvalue weighted by Gasteiger charge is -2.18. The third-order valence-corrected chi connectivity index (χ3v) is 3.06. The summed E-state index contributed by atoms with van der Waals surface area (Å²) in [5.74, 6) is 0.912. The fourth-order valence-electron chi connectivity index (χ4n) is 1.96. The van der Waals surface area contributed by atoms with E-state index in [0.29, 0.717) is 36.5 Å². The van der Waals surface area contributed by atoms with Gasteiger partial charge in [-0.1, -0.05) is 17.7 Å². The Kier molecular flexibility index (Phi) is 5.69. The number of aliphatic hydroxyl groups excluding tert-OH is 1. The number of benzene rings is 1. The summed E-state index contributed by atoms with van der Waals surface area (Å²) in [6.07, 6.45) is -0.546. The zero-order valence-corrected chi connectivity index (χ0v) is 12.7. The lowest BCUT2D eigenvalue weighted by molar-refractivity contribution is 0.0404. The minimum atomic E-state index is -0.546. The van der Waals surface area contributed by atoms with Crippen LogP contribution in [0.5, 0.6) is 0 Å². The van der Waals surface area contributed by atoms with Crippen LogP contribution in [0.4, 0.5) is 0 Å². The molecule has 1 heterocycles. The van der Waals surface area contributed by atoms with Crippen LogP contribution >= 0.6 is 11.6 Å². The maximum atomic E-state index is 9.66. The number of rotatable bonds is 7. The van der Waals surface area contributed by atoms with Crippen LogP contribution in [0.25, 0.3) is 11.5 Å². The first-order valence-corrected chi connectivity index (χ1v) is 6.90. The van der Waals surface area contributed by atoms with Gasteiger partial charge in [-0.25, -0.2) is 0 Å². The highest BCUT2D eigenvalue weighted by atomic mass is 35.5. The second-order valence-corrected chi connectivity index (χ2v) is 5.25. The van der Waals surface area contributed by atoms with E-state index in [9.17, 15) is 5.11 Å². The number of aromatic nitrogens is 2. The lowest BCUT2D eigenvalue weighted by atomic mass is 10.2. The topological polar surface area (TPSA) is 71.6 Å². The lowest BCUT2D eigenvalue weighted by Crippen LogP contribution is -2.31. The van der Waals surface area contributed by atoms with Gasteiger partial charge in [-0.3, -0.25) is 4.90 Å². The second kappa shape index (κ2) is 7.51. The molecule has 1 aromatic heterocycles. The summed E-state index contributed by atoms with van der Waals surface area (Å²) in [5, 5.41) is 18.3. The highest BCUT2D eigenvalue weighted by molar-refractivity contribution is 6.30. The van der Waals surface area contributed by atoms with Crippen LogP contribution in [-0.4, -0.2) is 53.6 Å². The molecule has 0 amide bonds. The molecular weight excluding hydrogens is 294 g/mol. The average molecular weight is 312 g/mol. The van der Waals surface area contributed by atoms with E-state index in [0.717, 1.165) is 5.56 Å². The van der Waals surface area contributed by atoms with Gasteiger partial charge in [-0.05, 0) is 25.2 Å². The third-order valence-electron chi connectivity index (χ3n) is 2.83. The molecule has 2 rings (SSSR count). The van der Waals surface area contributed by atoms with E-state index >= 15 is 0 Å². The quantitative estimate of drug-likeness (QED) is 0.841.